The van der Waals surface area contributed by atoms with Gasteiger partial charge in [-0.25, -0.2) is 9.18 Å². The van der Waals surface area contributed by atoms with Gasteiger partial charge < -0.3 is 15.5 Å². The minimum Gasteiger partial charge on any atom is -0.337 e. The van der Waals surface area contributed by atoms with Gasteiger partial charge in [-0.1, -0.05) is 19.1 Å². The number of nitrogens with one attached hydrogen (secondary N) is 2. The number of urea groups is 1. The molecule has 1 aromatic carbocycles. The van der Waals surface area contributed by atoms with Crippen LogP contribution in [0.3, 0.4) is 0 Å². The lowest BCUT2D eigenvalue weighted by molar-refractivity contribution is 0.184. The zero-order chi connectivity index (χ0) is 15.1. The van der Waals surface area contributed by atoms with Crippen LogP contribution in [0.25, 0.3) is 0 Å². The van der Waals surface area contributed by atoms with E-state index < -0.39 is 0 Å². The van der Waals surface area contributed by atoms with Crippen LogP contribution in [0, 0.1) is 11.7 Å². The molecule has 21 heavy (non-hydrogen) atoms. The molecule has 1 aliphatic rings. The van der Waals surface area contributed by atoms with E-state index in [1.165, 1.54) is 25.0 Å². The monoisotopic (exact) mass is 293 g/mol. The molecule has 1 heterocycles. The maximum atomic E-state index is 13.0. The van der Waals surface area contributed by atoms with E-state index in [1.54, 1.807) is 12.1 Å². The second kappa shape index (κ2) is 7.98. The van der Waals surface area contributed by atoms with Crippen molar-refractivity contribution in [3.05, 3.63) is 35.6 Å². The van der Waals surface area contributed by atoms with Crippen molar-refractivity contribution >= 4 is 6.03 Å². The van der Waals surface area contributed by atoms with E-state index in [1.807, 2.05) is 0 Å². The third kappa shape index (κ3) is 5.71. The maximum absolute atomic E-state index is 13.0. The molecule has 0 aliphatic carbocycles. The van der Waals surface area contributed by atoms with Gasteiger partial charge in [-0.3, -0.25) is 0 Å². The molecule has 0 bridgehead atoms. The first-order chi connectivity index (χ1) is 10.1. The Bertz CT molecular complexity index is 467. The number of halogens is 1. The van der Waals surface area contributed by atoms with Crippen molar-refractivity contribution in [1.29, 1.82) is 0 Å². The topological polar surface area (TPSA) is 44.4 Å². The van der Waals surface area contributed by atoms with E-state index in [-0.39, 0.29) is 11.8 Å². The van der Waals surface area contributed by atoms with Crippen LogP contribution in [-0.4, -0.2) is 37.1 Å². The summed E-state index contributed by atoms with van der Waals surface area (Å²) in [5.41, 5.74) is 0.759. The normalized spacial score (nSPS) is 19.2. The van der Waals surface area contributed by atoms with E-state index in [0.717, 1.165) is 31.1 Å². The van der Waals surface area contributed by atoms with E-state index >= 15 is 0 Å². The van der Waals surface area contributed by atoms with E-state index in [9.17, 15) is 9.18 Å². The summed E-state index contributed by atoms with van der Waals surface area (Å²) in [6, 6.07) is 6.04. The molecule has 1 unspecified atom stereocenters. The number of benzene rings is 1. The van der Waals surface area contributed by atoms with Gasteiger partial charge in [0.1, 0.15) is 5.82 Å². The molecule has 2 amide bonds. The summed E-state index contributed by atoms with van der Waals surface area (Å²) in [7, 11) is 0. The number of hydrogen-bond donors (Lipinski definition) is 2. The van der Waals surface area contributed by atoms with Gasteiger partial charge in [-0.2, -0.15) is 0 Å². The number of amides is 2. The van der Waals surface area contributed by atoms with Crippen molar-refractivity contribution in [3.63, 3.8) is 0 Å². The van der Waals surface area contributed by atoms with Crippen molar-refractivity contribution < 1.29 is 9.18 Å². The lowest BCUT2D eigenvalue weighted by Crippen LogP contribution is -2.42. The largest absolute Gasteiger partial charge is 0.337 e. The summed E-state index contributed by atoms with van der Waals surface area (Å²) < 4.78 is 13.0. The third-order valence-electron chi connectivity index (χ3n) is 3.80. The highest BCUT2D eigenvalue weighted by atomic mass is 19.1. The highest BCUT2D eigenvalue weighted by molar-refractivity contribution is 5.73. The number of likely N-dealkylation sites (tertiary alicyclic amines) is 1. The molecule has 0 saturated carbocycles. The molecule has 4 nitrogen and oxygen atoms in total. The number of carbonyl (C=O) groups excluding carboxylic acids is 1. The molecule has 116 valence electrons. The number of carbonyl (C=O) groups is 1. The second-order valence-corrected chi connectivity index (χ2v) is 5.79. The fraction of sp³-hybridized carbons (Fsp3) is 0.562. The number of piperidine rings is 1. The highest BCUT2D eigenvalue weighted by Crippen LogP contribution is 2.14. The van der Waals surface area contributed by atoms with Crippen LogP contribution in [0.4, 0.5) is 9.18 Å². The van der Waals surface area contributed by atoms with E-state index in [4.69, 9.17) is 0 Å². The molecule has 2 rings (SSSR count). The molecule has 1 atom stereocenters. The Morgan fingerprint density at radius 3 is 3.05 bits per heavy atom. The second-order valence-electron chi connectivity index (χ2n) is 5.79. The molecule has 1 fully saturated rings. The molecular weight excluding hydrogens is 269 g/mol. The van der Waals surface area contributed by atoms with Crippen LogP contribution in [0.2, 0.25) is 0 Å². The molecular formula is C16H24FN3O. The molecule has 1 saturated heterocycles. The minimum absolute atomic E-state index is 0.204. The zero-order valence-electron chi connectivity index (χ0n) is 12.6. The summed E-state index contributed by atoms with van der Waals surface area (Å²) in [6.45, 7) is 6.37. The summed E-state index contributed by atoms with van der Waals surface area (Å²) in [6.07, 6.45) is 2.55. The first-order valence-electron chi connectivity index (χ1n) is 7.62. The number of rotatable bonds is 5. The Morgan fingerprint density at radius 2 is 2.29 bits per heavy atom. The first kappa shape index (κ1) is 15.8. The SMILES string of the molecule is CC1CCCN(CCNC(=O)NCc2cccc(F)c2)C1. The quantitative estimate of drug-likeness (QED) is 0.875. The van der Waals surface area contributed by atoms with Crippen LogP contribution in [-0.2, 0) is 6.54 Å². The Hall–Kier alpha value is -1.62. The Balaban J connectivity index is 1.61. The molecule has 0 aromatic heterocycles. The maximum Gasteiger partial charge on any atom is 0.315 e. The third-order valence-corrected chi connectivity index (χ3v) is 3.80. The number of hydrogen-bond acceptors (Lipinski definition) is 2. The molecule has 0 spiro atoms. The molecule has 1 aliphatic heterocycles. The van der Waals surface area contributed by atoms with Gasteiger partial charge in [0.15, 0.2) is 0 Å². The van der Waals surface area contributed by atoms with Gasteiger partial charge >= 0.3 is 6.03 Å². The minimum atomic E-state index is -0.283. The van der Waals surface area contributed by atoms with E-state index in [2.05, 4.69) is 22.5 Å². The molecule has 5 heteroatoms. The van der Waals surface area contributed by atoms with Crippen LogP contribution in [0.5, 0.6) is 0 Å². The van der Waals surface area contributed by atoms with Gasteiger partial charge in [-0.05, 0) is 43.0 Å². The smallest absolute Gasteiger partial charge is 0.315 e. The van der Waals surface area contributed by atoms with Gasteiger partial charge in [0.2, 0.25) is 0 Å². The van der Waals surface area contributed by atoms with Crippen molar-refractivity contribution in [2.24, 2.45) is 5.92 Å². The molecule has 0 radical (unpaired) electrons. The average molecular weight is 293 g/mol. The van der Waals surface area contributed by atoms with Gasteiger partial charge in [0, 0.05) is 26.2 Å². The molecule has 1 aromatic rings. The summed E-state index contributed by atoms with van der Waals surface area (Å²) in [5.74, 6) is 0.467. The Labute approximate surface area is 125 Å². The Morgan fingerprint density at radius 1 is 1.43 bits per heavy atom. The summed E-state index contributed by atoms with van der Waals surface area (Å²) >= 11 is 0. The fourth-order valence-corrected chi connectivity index (χ4v) is 2.71. The summed E-state index contributed by atoms with van der Waals surface area (Å²) in [4.78, 5) is 14.1. The highest BCUT2D eigenvalue weighted by Gasteiger charge is 2.15. The van der Waals surface area contributed by atoms with Crippen molar-refractivity contribution in [1.82, 2.24) is 15.5 Å². The van der Waals surface area contributed by atoms with Gasteiger partial charge in [0.25, 0.3) is 0 Å². The lowest BCUT2D eigenvalue weighted by atomic mass is 10.0. The summed E-state index contributed by atoms with van der Waals surface area (Å²) in [5, 5.41) is 5.58. The predicted octanol–water partition coefficient (Wildman–Crippen LogP) is 2.36. The first-order valence-corrected chi connectivity index (χ1v) is 7.62. The van der Waals surface area contributed by atoms with E-state index in [0.29, 0.717) is 13.1 Å². The van der Waals surface area contributed by atoms with Crippen molar-refractivity contribution in [2.45, 2.75) is 26.3 Å². The van der Waals surface area contributed by atoms with Crippen LogP contribution >= 0.6 is 0 Å². The van der Waals surface area contributed by atoms with Crippen molar-refractivity contribution in [2.75, 3.05) is 26.2 Å². The zero-order valence-corrected chi connectivity index (χ0v) is 12.6. The van der Waals surface area contributed by atoms with Crippen molar-refractivity contribution in [3.8, 4) is 0 Å². The average Bonchev–Trinajstić information content (AvgIpc) is 2.45. The predicted molar refractivity (Wildman–Crippen MR) is 81.5 cm³/mol. The van der Waals surface area contributed by atoms with Crippen LogP contribution in [0.15, 0.2) is 24.3 Å². The van der Waals surface area contributed by atoms with Crippen LogP contribution < -0.4 is 10.6 Å². The standard InChI is InChI=1S/C16H24FN3O/c1-13-4-3-8-20(12-13)9-7-18-16(21)19-11-14-5-2-6-15(17)10-14/h2,5-6,10,13H,3-4,7-9,11-12H2,1H3,(H2,18,19,21). The lowest BCUT2D eigenvalue weighted by Gasteiger charge is -2.30. The van der Waals surface area contributed by atoms with Gasteiger partial charge in [-0.15, -0.1) is 0 Å². The number of nitrogens with zero attached hydrogens (tertiary/aromatic N) is 1. The fourth-order valence-electron chi connectivity index (χ4n) is 2.71. The van der Waals surface area contributed by atoms with Crippen LogP contribution in [0.1, 0.15) is 25.3 Å². The molecule has 2 N–H and O–H groups in total. The Kier molecular flexibility index (Phi) is 5.99. The van der Waals surface area contributed by atoms with Gasteiger partial charge in [0.05, 0.1) is 0 Å².